The smallest absolute Gasteiger partial charge is 0.235 e. The zero-order valence-electron chi connectivity index (χ0n) is 9.67. The fourth-order valence-corrected chi connectivity index (χ4v) is 1.96. The average Bonchev–Trinajstić information content (AvgIpc) is 2.69. The van der Waals surface area contributed by atoms with Crippen LogP contribution in [0.2, 0.25) is 10.2 Å². The van der Waals surface area contributed by atoms with Crippen LogP contribution in [0.5, 0.6) is 0 Å². The summed E-state index contributed by atoms with van der Waals surface area (Å²) in [5, 5.41) is 4.19. The van der Waals surface area contributed by atoms with Gasteiger partial charge in [0.25, 0.3) is 0 Å². The molecule has 8 heteroatoms. The lowest BCUT2D eigenvalue weighted by Crippen LogP contribution is -2.08. The van der Waals surface area contributed by atoms with Gasteiger partial charge < -0.3 is 0 Å². The Bertz CT molecular complexity index is 608. The van der Waals surface area contributed by atoms with Crippen LogP contribution in [-0.4, -0.2) is 14.8 Å². The van der Waals surface area contributed by atoms with Crippen LogP contribution in [0.15, 0.2) is 18.3 Å². The molecule has 0 N–H and O–H groups in total. The van der Waals surface area contributed by atoms with E-state index in [1.54, 1.807) is 6.07 Å². The standard InChI is InChI=1S/C11H8Cl2F3N3/c1-2-7-4-9(13)19(18-7)10-8(12)3-6(5-17-10)11(14,15)16/h3-5H,2H2,1H3. The molecule has 19 heavy (non-hydrogen) atoms. The summed E-state index contributed by atoms with van der Waals surface area (Å²) in [6.07, 6.45) is -3.15. The number of pyridine rings is 1. The summed E-state index contributed by atoms with van der Waals surface area (Å²) >= 11 is 11.8. The van der Waals surface area contributed by atoms with Crippen LogP contribution in [-0.2, 0) is 12.6 Å². The number of halogens is 5. The monoisotopic (exact) mass is 309 g/mol. The van der Waals surface area contributed by atoms with E-state index in [-0.39, 0.29) is 16.0 Å². The quantitative estimate of drug-likeness (QED) is 0.834. The van der Waals surface area contributed by atoms with Crippen molar-refractivity contribution in [2.24, 2.45) is 0 Å². The third kappa shape index (κ3) is 2.84. The predicted octanol–water partition coefficient (Wildman–Crippen LogP) is 4.16. The van der Waals surface area contributed by atoms with Gasteiger partial charge in [0, 0.05) is 6.20 Å². The number of hydrogen-bond acceptors (Lipinski definition) is 2. The zero-order valence-corrected chi connectivity index (χ0v) is 11.2. The lowest BCUT2D eigenvalue weighted by atomic mass is 10.3. The highest BCUT2D eigenvalue weighted by Gasteiger charge is 2.31. The second-order valence-corrected chi connectivity index (χ2v) is 4.55. The third-order valence-corrected chi connectivity index (χ3v) is 2.98. The van der Waals surface area contributed by atoms with Crippen LogP contribution >= 0.6 is 23.2 Å². The first-order valence-corrected chi connectivity index (χ1v) is 6.06. The molecule has 0 fully saturated rings. The van der Waals surface area contributed by atoms with E-state index in [1.807, 2.05) is 6.92 Å². The Morgan fingerprint density at radius 1 is 1.26 bits per heavy atom. The van der Waals surface area contributed by atoms with Gasteiger partial charge in [-0.15, -0.1) is 0 Å². The first kappa shape index (κ1) is 14.1. The Balaban J connectivity index is 2.49. The summed E-state index contributed by atoms with van der Waals surface area (Å²) < 4.78 is 38.7. The van der Waals surface area contributed by atoms with Crippen molar-refractivity contribution in [1.82, 2.24) is 14.8 Å². The number of nitrogens with zero attached hydrogens (tertiary/aromatic N) is 3. The van der Waals surface area contributed by atoms with Gasteiger partial charge in [0.2, 0.25) is 0 Å². The Morgan fingerprint density at radius 2 is 1.95 bits per heavy atom. The van der Waals surface area contributed by atoms with Crippen molar-refractivity contribution < 1.29 is 13.2 Å². The van der Waals surface area contributed by atoms with Crippen molar-refractivity contribution in [1.29, 1.82) is 0 Å². The van der Waals surface area contributed by atoms with E-state index < -0.39 is 11.7 Å². The van der Waals surface area contributed by atoms with E-state index in [0.717, 1.165) is 6.07 Å². The first-order valence-electron chi connectivity index (χ1n) is 5.30. The summed E-state index contributed by atoms with van der Waals surface area (Å²) in [4.78, 5) is 3.69. The minimum absolute atomic E-state index is 0.0689. The molecule has 0 saturated carbocycles. The molecule has 0 aliphatic rings. The van der Waals surface area contributed by atoms with E-state index in [1.165, 1.54) is 4.68 Å². The van der Waals surface area contributed by atoms with E-state index in [4.69, 9.17) is 23.2 Å². The van der Waals surface area contributed by atoms with Crippen LogP contribution in [0.4, 0.5) is 13.2 Å². The normalized spacial score (nSPS) is 11.9. The fourth-order valence-electron chi connectivity index (χ4n) is 1.47. The molecule has 2 aromatic rings. The highest BCUT2D eigenvalue weighted by atomic mass is 35.5. The SMILES string of the molecule is CCc1cc(Cl)n(-c2ncc(C(F)(F)F)cc2Cl)n1. The maximum absolute atomic E-state index is 12.5. The van der Waals surface area contributed by atoms with Crippen molar-refractivity contribution in [3.63, 3.8) is 0 Å². The minimum atomic E-state index is -4.49. The van der Waals surface area contributed by atoms with Crippen molar-refractivity contribution in [2.75, 3.05) is 0 Å². The molecule has 0 bridgehead atoms. The molecular weight excluding hydrogens is 302 g/mol. The van der Waals surface area contributed by atoms with Gasteiger partial charge in [-0.3, -0.25) is 0 Å². The number of hydrogen-bond donors (Lipinski definition) is 0. The molecule has 0 aliphatic heterocycles. The highest BCUT2D eigenvalue weighted by Crippen LogP contribution is 2.32. The molecule has 102 valence electrons. The Kier molecular flexibility index (Phi) is 3.73. The summed E-state index contributed by atoms with van der Waals surface area (Å²) in [6, 6.07) is 2.41. The Morgan fingerprint density at radius 3 is 2.42 bits per heavy atom. The summed E-state index contributed by atoms with van der Waals surface area (Å²) in [5.74, 6) is 0.0689. The number of rotatable bonds is 2. The molecule has 2 rings (SSSR count). The molecule has 0 aliphatic carbocycles. The van der Waals surface area contributed by atoms with Gasteiger partial charge in [0.1, 0.15) is 5.15 Å². The highest BCUT2D eigenvalue weighted by molar-refractivity contribution is 6.33. The van der Waals surface area contributed by atoms with Crippen molar-refractivity contribution in [3.05, 3.63) is 39.8 Å². The molecule has 0 aromatic carbocycles. The van der Waals surface area contributed by atoms with Crippen molar-refractivity contribution in [3.8, 4) is 5.82 Å². The lowest BCUT2D eigenvalue weighted by Gasteiger charge is -2.09. The van der Waals surface area contributed by atoms with Crippen LogP contribution in [0, 0.1) is 0 Å². The van der Waals surface area contributed by atoms with Gasteiger partial charge in [-0.1, -0.05) is 30.1 Å². The van der Waals surface area contributed by atoms with Crippen LogP contribution in [0.1, 0.15) is 18.2 Å². The van der Waals surface area contributed by atoms with Crippen LogP contribution < -0.4 is 0 Å². The number of aryl methyl sites for hydroxylation is 1. The molecule has 0 unspecified atom stereocenters. The van der Waals surface area contributed by atoms with Gasteiger partial charge in [-0.05, 0) is 18.6 Å². The Labute approximate surface area is 117 Å². The van der Waals surface area contributed by atoms with Crippen molar-refractivity contribution in [2.45, 2.75) is 19.5 Å². The molecule has 0 atom stereocenters. The molecule has 2 heterocycles. The number of aromatic nitrogens is 3. The summed E-state index contributed by atoms with van der Waals surface area (Å²) in [5.41, 5.74) is -0.219. The summed E-state index contributed by atoms with van der Waals surface area (Å²) in [7, 11) is 0. The molecule has 0 spiro atoms. The lowest BCUT2D eigenvalue weighted by molar-refractivity contribution is -0.137. The van der Waals surface area contributed by atoms with Crippen LogP contribution in [0.3, 0.4) is 0 Å². The molecule has 0 radical (unpaired) electrons. The second kappa shape index (κ2) is 5.02. The molecule has 0 amide bonds. The maximum atomic E-state index is 12.5. The van der Waals surface area contributed by atoms with E-state index in [2.05, 4.69) is 10.1 Å². The van der Waals surface area contributed by atoms with Crippen LogP contribution in [0.25, 0.3) is 5.82 Å². The van der Waals surface area contributed by atoms with Gasteiger partial charge in [-0.2, -0.15) is 18.3 Å². The average molecular weight is 310 g/mol. The van der Waals surface area contributed by atoms with Gasteiger partial charge in [0.05, 0.1) is 16.3 Å². The summed E-state index contributed by atoms with van der Waals surface area (Å²) in [6.45, 7) is 1.88. The molecular formula is C11H8Cl2F3N3. The number of alkyl halides is 3. The molecule has 0 saturated heterocycles. The van der Waals surface area contributed by atoms with Gasteiger partial charge in [0.15, 0.2) is 5.82 Å². The zero-order chi connectivity index (χ0) is 14.2. The fraction of sp³-hybridized carbons (Fsp3) is 0.273. The van der Waals surface area contributed by atoms with Crippen molar-refractivity contribution >= 4 is 23.2 Å². The Hall–Kier alpha value is -1.27. The first-order chi connectivity index (χ1) is 8.82. The van der Waals surface area contributed by atoms with E-state index in [0.29, 0.717) is 18.3 Å². The minimum Gasteiger partial charge on any atom is -0.235 e. The van der Waals surface area contributed by atoms with E-state index in [9.17, 15) is 13.2 Å². The molecule has 3 nitrogen and oxygen atoms in total. The predicted molar refractivity (Wildman–Crippen MR) is 65.8 cm³/mol. The topological polar surface area (TPSA) is 30.7 Å². The third-order valence-electron chi connectivity index (χ3n) is 2.43. The largest absolute Gasteiger partial charge is 0.417 e. The second-order valence-electron chi connectivity index (χ2n) is 3.75. The van der Waals surface area contributed by atoms with E-state index >= 15 is 0 Å². The van der Waals surface area contributed by atoms with Gasteiger partial charge >= 0.3 is 6.18 Å². The maximum Gasteiger partial charge on any atom is 0.417 e. The molecule has 2 aromatic heterocycles. The van der Waals surface area contributed by atoms with Gasteiger partial charge in [-0.25, -0.2) is 9.67 Å².